The molecule has 2 aromatic heterocycles. The molecule has 10 nitrogen and oxygen atoms in total. The van der Waals surface area contributed by atoms with Crippen LogP contribution in [0.2, 0.25) is 0 Å². The number of aliphatic hydroxyl groups is 3. The number of halogens is 2. The molecule has 0 unspecified atom stereocenters. The van der Waals surface area contributed by atoms with E-state index < -0.39 is 36.0 Å². The van der Waals surface area contributed by atoms with Crippen molar-refractivity contribution in [3.8, 4) is 0 Å². The minimum atomic E-state index is -1.17. The normalized spacial score (nSPS) is 27.6. The third-order valence-corrected chi connectivity index (χ3v) is 7.62. The van der Waals surface area contributed by atoms with Crippen LogP contribution in [0.15, 0.2) is 23.4 Å². The molecule has 4 N–H and O–H groups in total. The molecule has 0 amide bonds. The largest absolute Gasteiger partial charge is 0.394 e. The highest BCUT2D eigenvalue weighted by molar-refractivity contribution is 7.99. The maximum atomic E-state index is 14.3. The van der Waals surface area contributed by atoms with Gasteiger partial charge in [0.1, 0.15) is 12.2 Å². The first-order valence-corrected chi connectivity index (χ1v) is 13.0. The summed E-state index contributed by atoms with van der Waals surface area (Å²) in [5, 5.41) is 42.4. The lowest BCUT2D eigenvalue weighted by molar-refractivity contribution is -0.0629. The second-order valence-electron chi connectivity index (χ2n) is 9.06. The molecule has 36 heavy (non-hydrogen) atoms. The van der Waals surface area contributed by atoms with E-state index in [1.807, 2.05) is 6.92 Å². The quantitative estimate of drug-likeness (QED) is 0.231. The number of ether oxygens (including phenoxy) is 1. The van der Waals surface area contributed by atoms with Gasteiger partial charge >= 0.3 is 0 Å². The van der Waals surface area contributed by atoms with Crippen LogP contribution in [0.3, 0.4) is 0 Å². The van der Waals surface area contributed by atoms with Crippen LogP contribution >= 0.6 is 11.8 Å². The van der Waals surface area contributed by atoms with Gasteiger partial charge < -0.3 is 25.4 Å². The smallest absolute Gasteiger partial charge is 0.191 e. The molecule has 2 saturated carbocycles. The number of aliphatic hydroxyl groups excluding tert-OH is 3. The molecule has 194 valence electrons. The van der Waals surface area contributed by atoms with Crippen LogP contribution in [-0.2, 0) is 4.74 Å². The fourth-order valence-corrected chi connectivity index (χ4v) is 5.35. The first-order chi connectivity index (χ1) is 17.4. The van der Waals surface area contributed by atoms with Gasteiger partial charge in [-0.3, -0.25) is 0 Å². The zero-order chi connectivity index (χ0) is 25.4. The summed E-state index contributed by atoms with van der Waals surface area (Å²) in [5.74, 6) is -0.701. The molecule has 5 rings (SSSR count). The standard InChI is InChI=1S/C23H28F2N6O4S/c1-2-8-36-23-27-21(26-14-9-12(14)11-4-3-5-13(24)17(11)25)18-22(28-23)31(30-29-18)15-10-16(35-7-6-32)20(34)19(15)33/h3-5,12,14-16,19-20,32-34H,2,6-10H2,1H3,(H,26,27,28)/t12-,14+,15+,16-,19-,20+/m0/s1. The third-order valence-electron chi connectivity index (χ3n) is 6.57. The van der Waals surface area contributed by atoms with Gasteiger partial charge in [-0.05, 0) is 24.5 Å². The molecular weight excluding hydrogens is 494 g/mol. The number of nitrogens with one attached hydrogen (secondary N) is 1. The van der Waals surface area contributed by atoms with E-state index in [1.165, 1.54) is 22.5 Å². The average Bonchev–Trinajstić information content (AvgIpc) is 3.40. The molecule has 0 spiro atoms. The number of hydrogen-bond donors (Lipinski definition) is 4. The Morgan fingerprint density at radius 3 is 2.81 bits per heavy atom. The Bertz CT molecular complexity index is 1230. The number of thioether (sulfide) groups is 1. The summed E-state index contributed by atoms with van der Waals surface area (Å²) in [6.07, 6.45) is -1.21. The van der Waals surface area contributed by atoms with Gasteiger partial charge in [-0.15, -0.1) is 5.10 Å². The fraction of sp³-hybridized carbons (Fsp3) is 0.565. The van der Waals surface area contributed by atoms with Crippen molar-refractivity contribution in [2.75, 3.05) is 24.3 Å². The van der Waals surface area contributed by atoms with Crippen LogP contribution in [0, 0.1) is 11.6 Å². The van der Waals surface area contributed by atoms with Crippen molar-refractivity contribution in [3.63, 3.8) is 0 Å². The van der Waals surface area contributed by atoms with E-state index >= 15 is 0 Å². The Morgan fingerprint density at radius 2 is 2.03 bits per heavy atom. The van der Waals surface area contributed by atoms with Crippen molar-refractivity contribution < 1.29 is 28.8 Å². The lowest BCUT2D eigenvalue weighted by Crippen LogP contribution is -2.33. The van der Waals surface area contributed by atoms with Gasteiger partial charge in [-0.2, -0.15) is 0 Å². The van der Waals surface area contributed by atoms with Crippen LogP contribution in [0.4, 0.5) is 14.6 Å². The van der Waals surface area contributed by atoms with Gasteiger partial charge in [-0.1, -0.05) is 36.0 Å². The first-order valence-electron chi connectivity index (χ1n) is 12.0. The Kier molecular flexibility index (Phi) is 7.35. The summed E-state index contributed by atoms with van der Waals surface area (Å²) in [6.45, 7) is 1.89. The summed E-state index contributed by atoms with van der Waals surface area (Å²) in [5.41, 5.74) is 1.08. The van der Waals surface area contributed by atoms with Crippen molar-refractivity contribution in [1.29, 1.82) is 0 Å². The van der Waals surface area contributed by atoms with Crippen molar-refractivity contribution in [2.45, 2.75) is 67.7 Å². The number of fused-ring (bicyclic) bond motifs is 1. The van der Waals surface area contributed by atoms with Gasteiger partial charge in [0.15, 0.2) is 33.8 Å². The molecule has 6 atom stereocenters. The third kappa shape index (κ3) is 4.77. The molecule has 2 fully saturated rings. The second-order valence-corrected chi connectivity index (χ2v) is 10.1. The number of hydrogen-bond acceptors (Lipinski definition) is 10. The molecule has 0 radical (unpaired) electrons. The highest BCUT2D eigenvalue weighted by atomic mass is 32.2. The first kappa shape index (κ1) is 25.2. The number of aromatic nitrogens is 5. The topological polar surface area (TPSA) is 138 Å². The molecule has 0 saturated heterocycles. The summed E-state index contributed by atoms with van der Waals surface area (Å²) in [6, 6.07) is 3.37. The Balaban J connectivity index is 1.44. The monoisotopic (exact) mass is 522 g/mol. The molecule has 0 bridgehead atoms. The fourth-order valence-electron chi connectivity index (χ4n) is 4.65. The number of nitrogens with zero attached hydrogens (tertiary/aromatic N) is 5. The SMILES string of the molecule is CCCSc1nc(N[C@@H]2C[C@H]2c2cccc(F)c2F)c2nnn([C@@H]3C[C@H](OCCO)[C@@H](O)[C@H]3O)c2n1. The molecule has 13 heteroatoms. The predicted molar refractivity (Wildman–Crippen MR) is 128 cm³/mol. The van der Waals surface area contributed by atoms with Crippen molar-refractivity contribution >= 4 is 28.7 Å². The molecule has 1 aromatic carbocycles. The number of benzene rings is 1. The Labute approximate surface area is 210 Å². The van der Waals surface area contributed by atoms with E-state index in [0.717, 1.165) is 18.2 Å². The van der Waals surface area contributed by atoms with Gasteiger partial charge in [0.2, 0.25) is 0 Å². The number of rotatable bonds is 10. The van der Waals surface area contributed by atoms with Crippen LogP contribution in [0.25, 0.3) is 11.2 Å². The van der Waals surface area contributed by atoms with E-state index in [4.69, 9.17) is 9.84 Å². The zero-order valence-corrected chi connectivity index (χ0v) is 20.4. The van der Waals surface area contributed by atoms with Crippen molar-refractivity contribution in [2.24, 2.45) is 0 Å². The van der Waals surface area contributed by atoms with E-state index in [1.54, 1.807) is 6.07 Å². The lowest BCUT2D eigenvalue weighted by Gasteiger charge is -2.17. The van der Waals surface area contributed by atoms with Gasteiger partial charge in [-0.25, -0.2) is 23.4 Å². The molecule has 0 aliphatic heterocycles. The minimum Gasteiger partial charge on any atom is -0.394 e. The van der Waals surface area contributed by atoms with Crippen LogP contribution in [-0.4, -0.2) is 83.6 Å². The molecule has 2 aliphatic rings. The highest BCUT2D eigenvalue weighted by Gasteiger charge is 2.45. The van der Waals surface area contributed by atoms with E-state index in [2.05, 4.69) is 25.6 Å². The van der Waals surface area contributed by atoms with Crippen LogP contribution in [0.1, 0.15) is 43.7 Å². The lowest BCUT2D eigenvalue weighted by atomic mass is 10.1. The summed E-state index contributed by atoms with van der Waals surface area (Å²) >= 11 is 1.46. The van der Waals surface area contributed by atoms with E-state index in [-0.39, 0.29) is 31.6 Å². The van der Waals surface area contributed by atoms with Gasteiger partial charge in [0, 0.05) is 24.1 Å². The molecule has 2 aliphatic carbocycles. The second kappa shape index (κ2) is 10.5. The van der Waals surface area contributed by atoms with Crippen LogP contribution in [0.5, 0.6) is 0 Å². The predicted octanol–water partition coefficient (Wildman–Crippen LogP) is 2.01. The summed E-state index contributed by atoms with van der Waals surface area (Å²) in [7, 11) is 0. The Morgan fingerprint density at radius 1 is 1.19 bits per heavy atom. The molecular formula is C23H28F2N6O4S. The minimum absolute atomic E-state index is 0.0434. The van der Waals surface area contributed by atoms with Gasteiger partial charge in [0.25, 0.3) is 0 Å². The summed E-state index contributed by atoms with van der Waals surface area (Å²) in [4.78, 5) is 9.23. The Hall–Kier alpha value is -2.45. The highest BCUT2D eigenvalue weighted by Crippen LogP contribution is 2.45. The van der Waals surface area contributed by atoms with Crippen LogP contribution < -0.4 is 5.32 Å². The zero-order valence-electron chi connectivity index (χ0n) is 19.6. The van der Waals surface area contributed by atoms with Gasteiger partial charge in [0.05, 0.1) is 25.4 Å². The summed E-state index contributed by atoms with van der Waals surface area (Å²) < 4.78 is 35.0. The van der Waals surface area contributed by atoms with Crippen molar-refractivity contribution in [1.82, 2.24) is 25.0 Å². The van der Waals surface area contributed by atoms with E-state index in [0.29, 0.717) is 34.1 Å². The molecule has 2 heterocycles. The molecule has 3 aromatic rings. The average molecular weight is 523 g/mol. The number of anilines is 1. The maximum absolute atomic E-state index is 14.3. The maximum Gasteiger partial charge on any atom is 0.191 e. The van der Waals surface area contributed by atoms with E-state index in [9.17, 15) is 19.0 Å². The van der Waals surface area contributed by atoms with Crippen molar-refractivity contribution in [3.05, 3.63) is 35.4 Å².